The molecule has 1 aliphatic heterocycles. The van der Waals surface area contributed by atoms with Gasteiger partial charge in [-0.2, -0.15) is 0 Å². The Bertz CT molecular complexity index is 738. The van der Waals surface area contributed by atoms with Gasteiger partial charge in [-0.1, -0.05) is 67.9 Å². The predicted molar refractivity (Wildman–Crippen MR) is 143 cm³/mol. The highest BCUT2D eigenvalue weighted by atomic mass is 35.5. The second-order valence-corrected chi connectivity index (χ2v) is 8.65. The fourth-order valence-electron chi connectivity index (χ4n) is 4.31. The van der Waals surface area contributed by atoms with Crippen LogP contribution in [-0.2, 0) is 11.2 Å². The monoisotopic (exact) mass is 496 g/mol. The minimum Gasteiger partial charge on any atom is -0.388 e. The summed E-state index contributed by atoms with van der Waals surface area (Å²) < 4.78 is 6.03. The molecule has 186 valence electrons. The zero-order chi connectivity index (χ0) is 21.9. The van der Waals surface area contributed by atoms with Crippen molar-refractivity contribution < 1.29 is 9.84 Å². The van der Waals surface area contributed by atoms with Gasteiger partial charge in [0.2, 0.25) is 0 Å². The van der Waals surface area contributed by atoms with Crippen LogP contribution in [-0.4, -0.2) is 60.8 Å². The van der Waals surface area contributed by atoms with Gasteiger partial charge in [0.15, 0.2) is 0 Å². The van der Waals surface area contributed by atoms with Gasteiger partial charge in [-0.25, -0.2) is 0 Å². The Kier molecular flexibility index (Phi) is 14.9. The smallest absolute Gasteiger partial charge is 0.0951 e. The van der Waals surface area contributed by atoms with Crippen LogP contribution in [0.5, 0.6) is 0 Å². The summed E-state index contributed by atoms with van der Waals surface area (Å²) in [5.74, 6) is 0. The van der Waals surface area contributed by atoms with Gasteiger partial charge in [0.05, 0.1) is 12.2 Å². The van der Waals surface area contributed by atoms with Crippen LogP contribution in [0, 0.1) is 0 Å². The third-order valence-corrected chi connectivity index (χ3v) is 6.33. The van der Waals surface area contributed by atoms with E-state index < -0.39 is 0 Å². The quantitative estimate of drug-likeness (QED) is 0.409. The number of piperazine rings is 1. The van der Waals surface area contributed by atoms with Crippen molar-refractivity contribution in [3.63, 3.8) is 0 Å². The lowest BCUT2D eigenvalue weighted by atomic mass is 10.0. The largest absolute Gasteiger partial charge is 0.388 e. The summed E-state index contributed by atoms with van der Waals surface area (Å²) in [4.78, 5) is 4.99. The zero-order valence-electron chi connectivity index (χ0n) is 20.2. The van der Waals surface area contributed by atoms with Crippen LogP contribution in [0.25, 0.3) is 0 Å². The number of rotatable bonds is 12. The van der Waals surface area contributed by atoms with E-state index in [0.717, 1.165) is 64.3 Å². The molecule has 33 heavy (non-hydrogen) atoms. The number of unbranched alkanes of at least 4 members (excludes halogenated alkanes) is 1. The molecule has 2 unspecified atom stereocenters. The lowest BCUT2D eigenvalue weighted by molar-refractivity contribution is 0.0167. The summed E-state index contributed by atoms with van der Waals surface area (Å²) >= 11 is 0. The molecule has 2 aromatic carbocycles. The van der Waals surface area contributed by atoms with Gasteiger partial charge in [-0.05, 0) is 42.9 Å². The van der Waals surface area contributed by atoms with E-state index >= 15 is 0 Å². The first-order valence-corrected chi connectivity index (χ1v) is 12.1. The molecule has 1 heterocycles. The van der Waals surface area contributed by atoms with E-state index in [-0.39, 0.29) is 37.0 Å². The number of hydrogen-bond acceptors (Lipinski definition) is 4. The minimum absolute atomic E-state index is 0. The van der Waals surface area contributed by atoms with Gasteiger partial charge in [-0.3, -0.25) is 4.90 Å². The fraction of sp³-hybridized carbons (Fsp3) is 0.556. The topological polar surface area (TPSA) is 35.9 Å². The second kappa shape index (κ2) is 16.5. The molecule has 2 atom stereocenters. The molecule has 3 rings (SSSR count). The molecule has 0 spiro atoms. The number of aliphatic hydroxyl groups excluding tert-OH is 1. The van der Waals surface area contributed by atoms with Crippen molar-refractivity contribution in [2.24, 2.45) is 0 Å². The number of benzene rings is 2. The summed E-state index contributed by atoms with van der Waals surface area (Å²) in [7, 11) is 0. The molecular weight excluding hydrogens is 455 g/mol. The molecular formula is C27H42Cl2N2O2. The van der Waals surface area contributed by atoms with Crippen LogP contribution in [0.3, 0.4) is 0 Å². The van der Waals surface area contributed by atoms with Crippen LogP contribution in [0.4, 0.5) is 0 Å². The van der Waals surface area contributed by atoms with Crippen molar-refractivity contribution in [1.82, 2.24) is 9.80 Å². The van der Waals surface area contributed by atoms with Crippen molar-refractivity contribution in [1.29, 1.82) is 0 Å². The van der Waals surface area contributed by atoms with E-state index in [2.05, 4.69) is 78.2 Å². The Hall–Kier alpha value is -1.14. The number of nitrogens with zero attached hydrogens (tertiary/aromatic N) is 2. The average Bonchev–Trinajstić information content (AvgIpc) is 2.82. The van der Waals surface area contributed by atoms with E-state index in [9.17, 15) is 5.11 Å². The Morgan fingerprint density at radius 2 is 1.48 bits per heavy atom. The number of halogens is 2. The van der Waals surface area contributed by atoms with E-state index in [4.69, 9.17) is 4.74 Å². The standard InChI is InChI=1S/C27H40N2O2.2ClH/c1-3-5-9-23-12-14-24(15-13-23)26(30)16-17-28-18-20-29(21-19-28)22-27(31-4-2)25-10-7-6-8-11-25;;/h6-8,10-15,26-27,30H,3-5,9,16-22H2,1-2H3;2*1H. The molecule has 0 aliphatic carbocycles. The third-order valence-electron chi connectivity index (χ3n) is 6.33. The van der Waals surface area contributed by atoms with Gasteiger partial charge in [0.25, 0.3) is 0 Å². The molecule has 1 N–H and O–H groups in total. The van der Waals surface area contributed by atoms with Crippen molar-refractivity contribution in [3.8, 4) is 0 Å². The summed E-state index contributed by atoms with van der Waals surface area (Å²) in [6.45, 7) is 11.1. The Balaban J connectivity index is 0.00000272. The van der Waals surface area contributed by atoms with E-state index in [0.29, 0.717) is 0 Å². The second-order valence-electron chi connectivity index (χ2n) is 8.65. The Labute approximate surface area is 213 Å². The molecule has 1 aliphatic rings. The fourth-order valence-corrected chi connectivity index (χ4v) is 4.31. The number of ether oxygens (including phenoxy) is 1. The highest BCUT2D eigenvalue weighted by Gasteiger charge is 2.22. The molecule has 1 fully saturated rings. The lowest BCUT2D eigenvalue weighted by Crippen LogP contribution is -2.48. The van der Waals surface area contributed by atoms with E-state index in [1.807, 2.05) is 0 Å². The molecule has 4 nitrogen and oxygen atoms in total. The van der Waals surface area contributed by atoms with Crippen molar-refractivity contribution in [2.45, 2.75) is 51.7 Å². The normalized spacial score (nSPS) is 16.5. The zero-order valence-corrected chi connectivity index (χ0v) is 21.8. The van der Waals surface area contributed by atoms with E-state index in [1.165, 1.54) is 24.0 Å². The highest BCUT2D eigenvalue weighted by Crippen LogP contribution is 2.21. The Morgan fingerprint density at radius 1 is 0.848 bits per heavy atom. The molecule has 1 saturated heterocycles. The van der Waals surface area contributed by atoms with Gasteiger partial charge in [-0.15, -0.1) is 24.8 Å². The van der Waals surface area contributed by atoms with E-state index in [1.54, 1.807) is 0 Å². The van der Waals surface area contributed by atoms with Crippen LogP contribution in [0.15, 0.2) is 54.6 Å². The molecule has 0 amide bonds. The van der Waals surface area contributed by atoms with Gasteiger partial charge >= 0.3 is 0 Å². The maximum absolute atomic E-state index is 10.6. The van der Waals surface area contributed by atoms with Crippen molar-refractivity contribution >= 4 is 24.8 Å². The number of aryl methyl sites for hydroxylation is 1. The van der Waals surface area contributed by atoms with Crippen LogP contribution >= 0.6 is 24.8 Å². The molecule has 2 aromatic rings. The predicted octanol–water partition coefficient (Wildman–Crippen LogP) is 5.69. The molecule has 0 bridgehead atoms. The highest BCUT2D eigenvalue weighted by molar-refractivity contribution is 5.85. The molecule has 0 saturated carbocycles. The first-order chi connectivity index (χ1) is 15.2. The van der Waals surface area contributed by atoms with Gasteiger partial charge in [0.1, 0.15) is 0 Å². The SMILES string of the molecule is CCCCc1ccc(C(O)CCN2CCN(CC(OCC)c3ccccc3)CC2)cc1.Cl.Cl. The van der Waals surface area contributed by atoms with Crippen LogP contribution in [0.2, 0.25) is 0 Å². The summed E-state index contributed by atoms with van der Waals surface area (Å²) in [6, 6.07) is 19.1. The van der Waals surface area contributed by atoms with Crippen LogP contribution < -0.4 is 0 Å². The van der Waals surface area contributed by atoms with Gasteiger partial charge < -0.3 is 14.7 Å². The maximum Gasteiger partial charge on any atom is 0.0951 e. The summed E-state index contributed by atoms with van der Waals surface area (Å²) in [5, 5.41) is 10.6. The third kappa shape index (κ3) is 9.94. The maximum atomic E-state index is 10.6. The minimum atomic E-state index is -0.376. The molecule has 6 heteroatoms. The number of hydrogen-bond donors (Lipinski definition) is 1. The first kappa shape index (κ1) is 29.9. The lowest BCUT2D eigenvalue weighted by Gasteiger charge is -2.36. The van der Waals surface area contributed by atoms with Crippen molar-refractivity contribution in [3.05, 3.63) is 71.3 Å². The average molecular weight is 498 g/mol. The summed E-state index contributed by atoms with van der Waals surface area (Å²) in [6.07, 6.45) is 4.13. The van der Waals surface area contributed by atoms with Crippen molar-refractivity contribution in [2.75, 3.05) is 45.9 Å². The van der Waals surface area contributed by atoms with Crippen LogP contribution in [0.1, 0.15) is 62.0 Å². The molecule has 0 aromatic heterocycles. The van der Waals surface area contributed by atoms with Gasteiger partial charge in [0, 0.05) is 45.9 Å². The Morgan fingerprint density at radius 3 is 2.09 bits per heavy atom. The molecule has 0 radical (unpaired) electrons. The summed E-state index contributed by atoms with van der Waals surface area (Å²) in [5.41, 5.74) is 3.67. The number of aliphatic hydroxyl groups is 1. The first-order valence-electron chi connectivity index (χ1n) is 12.1.